The first-order valence-corrected chi connectivity index (χ1v) is 7.59. The van der Waals surface area contributed by atoms with E-state index in [0.29, 0.717) is 5.69 Å². The SMILES string of the molecule is O=C(Cl)c1nn(-c2ccccc2)c2c1CCc1ccccc1-2. The lowest BCUT2D eigenvalue weighted by Crippen LogP contribution is -2.07. The van der Waals surface area contributed by atoms with Crippen LogP contribution in [0.25, 0.3) is 16.9 Å². The first-order valence-electron chi connectivity index (χ1n) is 7.21. The molecule has 1 heterocycles. The molecule has 3 aromatic rings. The Morgan fingerprint density at radius 1 is 1.00 bits per heavy atom. The second kappa shape index (κ2) is 5.11. The van der Waals surface area contributed by atoms with Crippen LogP contribution in [0, 0.1) is 0 Å². The Labute approximate surface area is 133 Å². The topological polar surface area (TPSA) is 34.9 Å². The van der Waals surface area contributed by atoms with Gasteiger partial charge in [0, 0.05) is 11.1 Å². The number of benzene rings is 2. The zero-order valence-electron chi connectivity index (χ0n) is 11.8. The molecule has 4 heteroatoms. The van der Waals surface area contributed by atoms with Crippen LogP contribution in [-0.2, 0) is 12.8 Å². The molecule has 0 unspecified atom stereocenters. The fourth-order valence-corrected chi connectivity index (χ4v) is 3.26. The molecule has 3 nitrogen and oxygen atoms in total. The Morgan fingerprint density at radius 3 is 2.50 bits per heavy atom. The summed E-state index contributed by atoms with van der Waals surface area (Å²) in [7, 11) is 0. The number of aryl methyl sites for hydroxylation is 1. The molecule has 1 aliphatic rings. The summed E-state index contributed by atoms with van der Waals surface area (Å²) < 4.78 is 1.84. The van der Waals surface area contributed by atoms with Crippen LogP contribution in [0.15, 0.2) is 54.6 Å². The summed E-state index contributed by atoms with van der Waals surface area (Å²) in [5.74, 6) is 0. The highest BCUT2D eigenvalue weighted by Gasteiger charge is 2.27. The molecule has 22 heavy (non-hydrogen) atoms. The van der Waals surface area contributed by atoms with Gasteiger partial charge in [-0.05, 0) is 42.1 Å². The maximum absolute atomic E-state index is 11.8. The van der Waals surface area contributed by atoms with Crippen molar-refractivity contribution in [1.82, 2.24) is 9.78 Å². The van der Waals surface area contributed by atoms with Crippen LogP contribution in [0.1, 0.15) is 21.6 Å². The number of hydrogen-bond acceptors (Lipinski definition) is 2. The molecule has 0 atom stereocenters. The molecule has 2 aromatic carbocycles. The molecule has 0 N–H and O–H groups in total. The zero-order valence-corrected chi connectivity index (χ0v) is 12.5. The lowest BCUT2D eigenvalue weighted by molar-refractivity contribution is 0.107. The number of carbonyl (C=O) groups is 1. The summed E-state index contributed by atoms with van der Waals surface area (Å²) in [6, 6.07) is 18.1. The van der Waals surface area contributed by atoms with E-state index in [2.05, 4.69) is 17.2 Å². The average Bonchev–Trinajstić information content (AvgIpc) is 2.96. The maximum atomic E-state index is 11.8. The number of aromatic nitrogens is 2. The van der Waals surface area contributed by atoms with Crippen molar-refractivity contribution in [2.45, 2.75) is 12.8 Å². The van der Waals surface area contributed by atoms with E-state index in [1.54, 1.807) is 0 Å². The minimum atomic E-state index is -0.495. The molecule has 0 radical (unpaired) electrons. The maximum Gasteiger partial charge on any atom is 0.273 e. The highest BCUT2D eigenvalue weighted by molar-refractivity contribution is 6.67. The number of carbonyl (C=O) groups excluding carboxylic acids is 1. The van der Waals surface area contributed by atoms with E-state index in [-0.39, 0.29) is 0 Å². The van der Waals surface area contributed by atoms with Crippen molar-refractivity contribution in [1.29, 1.82) is 0 Å². The monoisotopic (exact) mass is 308 g/mol. The number of nitrogens with zero attached hydrogens (tertiary/aromatic N) is 2. The van der Waals surface area contributed by atoms with Crippen LogP contribution in [0.2, 0.25) is 0 Å². The summed E-state index contributed by atoms with van der Waals surface area (Å²) in [6.45, 7) is 0. The van der Waals surface area contributed by atoms with E-state index in [1.165, 1.54) is 5.56 Å². The van der Waals surface area contributed by atoms with Crippen molar-refractivity contribution in [2.24, 2.45) is 0 Å². The normalized spacial score (nSPS) is 12.6. The van der Waals surface area contributed by atoms with Crippen LogP contribution in [0.3, 0.4) is 0 Å². The molecule has 0 bridgehead atoms. The number of halogens is 1. The molecule has 0 fully saturated rings. The Bertz CT molecular complexity index is 868. The van der Waals surface area contributed by atoms with Gasteiger partial charge in [0.05, 0.1) is 11.4 Å². The fraction of sp³-hybridized carbons (Fsp3) is 0.111. The second-order valence-corrected chi connectivity index (χ2v) is 5.70. The highest BCUT2D eigenvalue weighted by Crippen LogP contribution is 2.37. The van der Waals surface area contributed by atoms with E-state index in [4.69, 9.17) is 11.6 Å². The Kier molecular flexibility index (Phi) is 3.09. The van der Waals surface area contributed by atoms with Crippen LogP contribution in [-0.4, -0.2) is 15.0 Å². The second-order valence-electron chi connectivity index (χ2n) is 5.35. The van der Waals surface area contributed by atoms with E-state index >= 15 is 0 Å². The smallest absolute Gasteiger partial charge is 0.273 e. The standard InChI is InChI=1S/C18H13ClN2O/c19-18(22)16-15-11-10-12-6-4-5-9-14(12)17(15)21(20-16)13-7-2-1-3-8-13/h1-9H,10-11H2. The van der Waals surface area contributed by atoms with Crippen LogP contribution >= 0.6 is 11.6 Å². The molecule has 4 rings (SSSR count). The summed E-state index contributed by atoms with van der Waals surface area (Å²) in [5, 5.41) is 4.00. The quantitative estimate of drug-likeness (QED) is 0.670. The predicted octanol–water partition coefficient (Wildman–Crippen LogP) is 4.02. The molecule has 0 saturated heterocycles. The van der Waals surface area contributed by atoms with Gasteiger partial charge in [-0.2, -0.15) is 5.10 Å². The number of rotatable bonds is 2. The summed E-state index contributed by atoms with van der Waals surface area (Å²) in [5.41, 5.74) is 5.64. The van der Waals surface area contributed by atoms with Gasteiger partial charge < -0.3 is 0 Å². The highest BCUT2D eigenvalue weighted by atomic mass is 35.5. The van der Waals surface area contributed by atoms with Crippen molar-refractivity contribution in [3.8, 4) is 16.9 Å². The number of fused-ring (bicyclic) bond motifs is 3. The number of para-hydroxylation sites is 1. The average molecular weight is 309 g/mol. The van der Waals surface area contributed by atoms with E-state index in [1.807, 2.05) is 47.1 Å². The van der Waals surface area contributed by atoms with E-state index in [0.717, 1.165) is 35.3 Å². The largest absolute Gasteiger partial charge is 0.274 e. The van der Waals surface area contributed by atoms with Crippen molar-refractivity contribution in [2.75, 3.05) is 0 Å². The Hall–Kier alpha value is -2.39. The predicted molar refractivity (Wildman–Crippen MR) is 86.6 cm³/mol. The molecular formula is C18H13ClN2O. The van der Waals surface area contributed by atoms with Crippen molar-refractivity contribution < 1.29 is 4.79 Å². The molecule has 0 amide bonds. The van der Waals surface area contributed by atoms with Gasteiger partial charge in [0.25, 0.3) is 5.24 Å². The van der Waals surface area contributed by atoms with Gasteiger partial charge in [-0.15, -0.1) is 0 Å². The summed E-state index contributed by atoms with van der Waals surface area (Å²) >= 11 is 5.75. The first-order chi connectivity index (χ1) is 10.8. The van der Waals surface area contributed by atoms with Crippen molar-refractivity contribution >= 4 is 16.8 Å². The zero-order chi connectivity index (χ0) is 15.1. The third-order valence-corrected chi connectivity index (χ3v) is 4.27. The molecule has 1 aliphatic carbocycles. The van der Waals surface area contributed by atoms with E-state index in [9.17, 15) is 4.79 Å². The first kappa shape index (κ1) is 13.3. The summed E-state index contributed by atoms with van der Waals surface area (Å²) in [6.07, 6.45) is 1.69. The minimum Gasteiger partial charge on any atom is -0.274 e. The lowest BCUT2D eigenvalue weighted by Gasteiger charge is -2.18. The van der Waals surface area contributed by atoms with Crippen LogP contribution in [0.5, 0.6) is 0 Å². The fourth-order valence-electron chi connectivity index (χ4n) is 3.11. The molecule has 108 valence electrons. The van der Waals surface area contributed by atoms with Gasteiger partial charge in [0.1, 0.15) is 5.69 Å². The van der Waals surface area contributed by atoms with Gasteiger partial charge in [0.15, 0.2) is 0 Å². The number of hydrogen-bond donors (Lipinski definition) is 0. The Balaban J connectivity index is 2.04. The van der Waals surface area contributed by atoms with Gasteiger partial charge in [-0.25, -0.2) is 4.68 Å². The van der Waals surface area contributed by atoms with Crippen LogP contribution < -0.4 is 0 Å². The molecular weight excluding hydrogens is 296 g/mol. The third-order valence-electron chi connectivity index (χ3n) is 4.09. The Morgan fingerprint density at radius 2 is 1.73 bits per heavy atom. The minimum absolute atomic E-state index is 0.370. The van der Waals surface area contributed by atoms with Crippen LogP contribution in [0.4, 0.5) is 0 Å². The molecule has 1 aromatic heterocycles. The van der Waals surface area contributed by atoms with Crippen molar-refractivity contribution in [3.63, 3.8) is 0 Å². The molecule has 0 aliphatic heterocycles. The van der Waals surface area contributed by atoms with E-state index < -0.39 is 5.24 Å². The van der Waals surface area contributed by atoms with Gasteiger partial charge in [-0.1, -0.05) is 42.5 Å². The lowest BCUT2D eigenvalue weighted by atomic mass is 9.89. The summed E-state index contributed by atoms with van der Waals surface area (Å²) in [4.78, 5) is 11.8. The molecule has 0 saturated carbocycles. The van der Waals surface area contributed by atoms with Crippen molar-refractivity contribution in [3.05, 3.63) is 71.4 Å². The van der Waals surface area contributed by atoms with Gasteiger partial charge in [0.2, 0.25) is 0 Å². The molecule has 0 spiro atoms. The van der Waals surface area contributed by atoms with Gasteiger partial charge in [-0.3, -0.25) is 4.79 Å². The third kappa shape index (κ3) is 1.97. The van der Waals surface area contributed by atoms with Gasteiger partial charge >= 0.3 is 0 Å².